The molecule has 1 aromatic heterocycles. The van der Waals surface area contributed by atoms with Gasteiger partial charge in [0, 0.05) is 10.6 Å². The zero-order valence-corrected chi connectivity index (χ0v) is 21.2. The summed E-state index contributed by atoms with van der Waals surface area (Å²) in [5.74, 6) is -0.537. The van der Waals surface area contributed by atoms with Crippen LogP contribution in [0.25, 0.3) is 16.0 Å². The standard InChI is InChI=1S/C27H21ClN2O5S/c1-14-12-16(6-11-20(14)35-3)24(31)22-23(15-4-7-17(28)8-5-15)30(26(33)25(22)32)27-29-19-10-9-18(34-2)13-21(19)36-27/h4-13,23,31H,1-3H3/b24-22+. The Morgan fingerprint density at radius 2 is 1.78 bits per heavy atom. The van der Waals surface area contributed by atoms with Crippen molar-refractivity contribution in [3.63, 3.8) is 0 Å². The molecule has 4 aromatic rings. The van der Waals surface area contributed by atoms with E-state index in [4.69, 9.17) is 21.1 Å². The van der Waals surface area contributed by atoms with Gasteiger partial charge in [0.2, 0.25) is 0 Å². The lowest BCUT2D eigenvalue weighted by Gasteiger charge is -2.23. The van der Waals surface area contributed by atoms with E-state index >= 15 is 0 Å². The Labute approximate surface area is 216 Å². The molecule has 1 amide bonds. The molecule has 1 aliphatic rings. The highest BCUT2D eigenvalue weighted by molar-refractivity contribution is 7.22. The third-order valence-corrected chi connectivity index (χ3v) is 7.36. The third kappa shape index (κ3) is 3.98. The van der Waals surface area contributed by atoms with Gasteiger partial charge in [0.05, 0.1) is 36.1 Å². The molecule has 1 fully saturated rings. The fourth-order valence-electron chi connectivity index (χ4n) is 4.29. The smallest absolute Gasteiger partial charge is 0.301 e. The van der Waals surface area contributed by atoms with E-state index < -0.39 is 17.7 Å². The Morgan fingerprint density at radius 3 is 2.44 bits per heavy atom. The number of aromatic nitrogens is 1. The first-order chi connectivity index (χ1) is 17.3. The van der Waals surface area contributed by atoms with Crippen molar-refractivity contribution in [1.29, 1.82) is 0 Å². The highest BCUT2D eigenvalue weighted by Gasteiger charge is 2.48. The van der Waals surface area contributed by atoms with Crippen molar-refractivity contribution in [2.75, 3.05) is 19.1 Å². The summed E-state index contributed by atoms with van der Waals surface area (Å²) in [5.41, 5.74) is 2.43. The van der Waals surface area contributed by atoms with E-state index in [1.807, 2.05) is 13.0 Å². The molecular formula is C27H21ClN2O5S. The summed E-state index contributed by atoms with van der Waals surface area (Å²) in [6.45, 7) is 1.83. The third-order valence-electron chi connectivity index (χ3n) is 6.09. The zero-order chi connectivity index (χ0) is 25.6. The zero-order valence-electron chi connectivity index (χ0n) is 19.6. The van der Waals surface area contributed by atoms with E-state index in [0.717, 1.165) is 10.3 Å². The van der Waals surface area contributed by atoms with Crippen LogP contribution in [0.4, 0.5) is 5.13 Å². The number of carbonyl (C=O) groups excluding carboxylic acids is 2. The Hall–Kier alpha value is -3.88. The quantitative estimate of drug-likeness (QED) is 0.200. The number of amides is 1. The second-order valence-electron chi connectivity index (χ2n) is 8.24. The van der Waals surface area contributed by atoms with Crippen molar-refractivity contribution >= 4 is 55.7 Å². The number of hydrogen-bond acceptors (Lipinski definition) is 7. The van der Waals surface area contributed by atoms with Crippen LogP contribution in [0.15, 0.2) is 66.2 Å². The van der Waals surface area contributed by atoms with Crippen LogP contribution in [-0.2, 0) is 9.59 Å². The molecule has 1 saturated heterocycles. The van der Waals surface area contributed by atoms with Gasteiger partial charge in [-0.15, -0.1) is 0 Å². The predicted molar refractivity (Wildman–Crippen MR) is 140 cm³/mol. The molecule has 1 unspecified atom stereocenters. The summed E-state index contributed by atoms with van der Waals surface area (Å²) in [7, 11) is 3.13. The van der Waals surface area contributed by atoms with Crippen LogP contribution in [0, 0.1) is 6.92 Å². The molecule has 0 radical (unpaired) electrons. The van der Waals surface area contributed by atoms with Crippen molar-refractivity contribution in [2.45, 2.75) is 13.0 Å². The number of benzene rings is 3. The SMILES string of the molecule is COc1ccc2nc(N3C(=O)C(=O)/C(=C(/O)c4ccc(OC)c(C)c4)C3c3ccc(Cl)cc3)sc2c1. The number of fused-ring (bicyclic) bond motifs is 1. The molecule has 3 aromatic carbocycles. The molecule has 1 N–H and O–H groups in total. The molecule has 1 aliphatic heterocycles. The van der Waals surface area contributed by atoms with Gasteiger partial charge in [0.25, 0.3) is 5.78 Å². The van der Waals surface area contributed by atoms with Crippen LogP contribution in [0.5, 0.6) is 11.5 Å². The summed E-state index contributed by atoms with van der Waals surface area (Å²) < 4.78 is 11.4. The van der Waals surface area contributed by atoms with Gasteiger partial charge in [-0.3, -0.25) is 14.5 Å². The average Bonchev–Trinajstić information content (AvgIpc) is 3.41. The molecule has 0 saturated carbocycles. The minimum atomic E-state index is -0.896. The van der Waals surface area contributed by atoms with Gasteiger partial charge >= 0.3 is 5.91 Å². The fourth-order valence-corrected chi connectivity index (χ4v) is 5.44. The molecule has 9 heteroatoms. The van der Waals surface area contributed by atoms with Crippen LogP contribution < -0.4 is 14.4 Å². The number of nitrogens with zero attached hydrogens (tertiary/aromatic N) is 2. The minimum absolute atomic E-state index is 0.0243. The number of methoxy groups -OCH3 is 2. The van der Waals surface area contributed by atoms with Gasteiger partial charge in [-0.1, -0.05) is 35.1 Å². The van der Waals surface area contributed by atoms with Crippen molar-refractivity contribution in [2.24, 2.45) is 0 Å². The number of ether oxygens (including phenoxy) is 2. The number of ketones is 1. The van der Waals surface area contributed by atoms with Crippen molar-refractivity contribution in [3.8, 4) is 11.5 Å². The molecule has 182 valence electrons. The van der Waals surface area contributed by atoms with E-state index in [1.165, 1.54) is 16.2 Å². The summed E-state index contributed by atoms with van der Waals surface area (Å²) in [6.07, 6.45) is 0. The number of carbonyl (C=O) groups is 2. The van der Waals surface area contributed by atoms with E-state index in [-0.39, 0.29) is 11.3 Å². The summed E-state index contributed by atoms with van der Waals surface area (Å²) in [6, 6.07) is 16.4. The van der Waals surface area contributed by atoms with Crippen LogP contribution in [0.2, 0.25) is 5.02 Å². The van der Waals surface area contributed by atoms with E-state index in [2.05, 4.69) is 4.98 Å². The number of thiazole rings is 1. The first-order valence-electron chi connectivity index (χ1n) is 11.0. The summed E-state index contributed by atoms with van der Waals surface area (Å²) in [5, 5.41) is 12.2. The Bertz CT molecular complexity index is 1540. The number of aliphatic hydroxyl groups is 1. The first-order valence-corrected chi connectivity index (χ1v) is 12.2. The lowest BCUT2D eigenvalue weighted by molar-refractivity contribution is -0.132. The highest BCUT2D eigenvalue weighted by atomic mass is 35.5. The average molecular weight is 521 g/mol. The highest BCUT2D eigenvalue weighted by Crippen LogP contribution is 2.45. The van der Waals surface area contributed by atoms with Gasteiger partial charge in [0.15, 0.2) is 5.13 Å². The van der Waals surface area contributed by atoms with Gasteiger partial charge in [-0.25, -0.2) is 4.98 Å². The lowest BCUT2D eigenvalue weighted by atomic mass is 9.95. The largest absolute Gasteiger partial charge is 0.507 e. The molecule has 0 spiro atoms. The van der Waals surface area contributed by atoms with Crippen LogP contribution >= 0.6 is 22.9 Å². The van der Waals surface area contributed by atoms with Crippen molar-refractivity contribution in [1.82, 2.24) is 4.98 Å². The number of anilines is 1. The van der Waals surface area contributed by atoms with Gasteiger partial charge < -0.3 is 14.6 Å². The Balaban J connectivity index is 1.71. The molecule has 0 bridgehead atoms. The van der Waals surface area contributed by atoms with E-state index in [9.17, 15) is 14.7 Å². The number of aryl methyl sites for hydroxylation is 1. The molecule has 1 atom stereocenters. The normalized spacial score (nSPS) is 17.1. The Morgan fingerprint density at radius 1 is 1.03 bits per heavy atom. The lowest BCUT2D eigenvalue weighted by Crippen LogP contribution is -2.29. The summed E-state index contributed by atoms with van der Waals surface area (Å²) >= 11 is 7.37. The fraction of sp³-hybridized carbons (Fsp3) is 0.148. The number of halogens is 1. The molecule has 36 heavy (non-hydrogen) atoms. The van der Waals surface area contributed by atoms with Crippen LogP contribution in [-0.4, -0.2) is 36.0 Å². The monoisotopic (exact) mass is 520 g/mol. The second kappa shape index (κ2) is 9.29. The van der Waals surface area contributed by atoms with Gasteiger partial charge in [-0.2, -0.15) is 0 Å². The molecule has 7 nitrogen and oxygen atoms in total. The van der Waals surface area contributed by atoms with Gasteiger partial charge in [0.1, 0.15) is 17.3 Å². The number of aliphatic hydroxyl groups excluding tert-OH is 1. The maximum absolute atomic E-state index is 13.4. The topological polar surface area (TPSA) is 89.0 Å². The first kappa shape index (κ1) is 23.8. The van der Waals surface area contributed by atoms with Crippen LogP contribution in [0.1, 0.15) is 22.7 Å². The summed E-state index contributed by atoms with van der Waals surface area (Å²) in [4.78, 5) is 32.7. The molecular weight excluding hydrogens is 500 g/mol. The predicted octanol–water partition coefficient (Wildman–Crippen LogP) is 5.90. The molecule has 2 heterocycles. The van der Waals surface area contributed by atoms with Crippen LogP contribution in [0.3, 0.4) is 0 Å². The molecule has 0 aliphatic carbocycles. The Kier molecular flexibility index (Phi) is 6.15. The van der Waals surface area contributed by atoms with E-state index in [1.54, 1.807) is 68.8 Å². The van der Waals surface area contributed by atoms with E-state index in [0.29, 0.717) is 38.3 Å². The number of Topliss-reactive ketones (excluding diaryl/α,β-unsaturated/α-hetero) is 1. The van der Waals surface area contributed by atoms with Gasteiger partial charge in [-0.05, 0) is 66.6 Å². The number of hydrogen-bond donors (Lipinski definition) is 1. The van der Waals surface area contributed by atoms with Crippen molar-refractivity contribution < 1.29 is 24.2 Å². The minimum Gasteiger partial charge on any atom is -0.507 e. The van der Waals surface area contributed by atoms with Crippen molar-refractivity contribution in [3.05, 3.63) is 87.9 Å². The maximum atomic E-state index is 13.4. The maximum Gasteiger partial charge on any atom is 0.301 e. The number of rotatable bonds is 5. The molecule has 5 rings (SSSR count). The second-order valence-corrected chi connectivity index (χ2v) is 9.68.